The fraction of sp³-hybridized carbons (Fsp3) is 0.0204. The van der Waals surface area contributed by atoms with Crippen LogP contribution in [0.25, 0.3) is 51.5 Å². The Kier molecular flexibility index (Phi) is 8.68. The molecule has 7 aromatic carbocycles. The molecule has 2 aromatic heterocycles. The van der Waals surface area contributed by atoms with E-state index in [-0.39, 0.29) is 0 Å². The van der Waals surface area contributed by atoms with Crippen LogP contribution in [0.2, 0.25) is 0 Å². The Bertz CT molecular complexity index is 2810. The zero-order chi connectivity index (χ0) is 35.7. The lowest BCUT2D eigenvalue weighted by molar-refractivity contribution is 1.21. The van der Waals surface area contributed by atoms with Crippen molar-refractivity contribution < 1.29 is 0 Å². The molecule has 2 nitrogen and oxygen atoms in total. The standard InChI is InChI=1S/C49H36N2S2/c1-3-5-19-35(4-2)50(36-20-11-7-12-21-36)39-27-29-47-44(31-39)49-42(34-17-9-6-10-18-34)32-40(33-48(49)53-47)51(37-22-13-8-14-23-37)38-26-28-46-43(30-38)41-24-15-16-25-45(41)52-46/h3-33H,2H2,1H3/b5-3-,35-19+. The molecule has 0 unspecified atom stereocenters. The third-order valence-corrected chi connectivity index (χ3v) is 12.0. The van der Waals surface area contributed by atoms with Gasteiger partial charge < -0.3 is 9.80 Å². The van der Waals surface area contributed by atoms with Gasteiger partial charge in [-0.2, -0.15) is 0 Å². The molecule has 0 bridgehead atoms. The summed E-state index contributed by atoms with van der Waals surface area (Å²) in [6.45, 7) is 6.24. The number of hydrogen-bond acceptors (Lipinski definition) is 4. The molecular formula is C49H36N2S2. The molecule has 53 heavy (non-hydrogen) atoms. The number of fused-ring (bicyclic) bond motifs is 6. The summed E-state index contributed by atoms with van der Waals surface area (Å²) in [7, 11) is 0. The van der Waals surface area contributed by atoms with Crippen molar-refractivity contribution in [1.29, 1.82) is 0 Å². The highest BCUT2D eigenvalue weighted by Gasteiger charge is 2.21. The lowest BCUT2D eigenvalue weighted by atomic mass is 9.97. The van der Waals surface area contributed by atoms with Gasteiger partial charge >= 0.3 is 0 Å². The molecule has 9 rings (SSSR count). The molecule has 0 spiro atoms. The molecular weight excluding hydrogens is 681 g/mol. The number of anilines is 5. The highest BCUT2D eigenvalue weighted by Crippen LogP contribution is 2.48. The van der Waals surface area contributed by atoms with Crippen molar-refractivity contribution in [3.8, 4) is 11.1 Å². The molecule has 0 radical (unpaired) electrons. The monoisotopic (exact) mass is 716 g/mol. The Morgan fingerprint density at radius 3 is 1.85 bits per heavy atom. The van der Waals surface area contributed by atoms with Crippen LogP contribution in [0.3, 0.4) is 0 Å². The van der Waals surface area contributed by atoms with Crippen LogP contribution in [0, 0.1) is 0 Å². The maximum Gasteiger partial charge on any atom is 0.0482 e. The van der Waals surface area contributed by atoms with Crippen LogP contribution >= 0.6 is 22.7 Å². The van der Waals surface area contributed by atoms with Gasteiger partial charge in [0.2, 0.25) is 0 Å². The van der Waals surface area contributed by atoms with Crippen molar-refractivity contribution in [1.82, 2.24) is 0 Å². The smallest absolute Gasteiger partial charge is 0.0482 e. The molecule has 0 saturated carbocycles. The summed E-state index contributed by atoms with van der Waals surface area (Å²) >= 11 is 3.71. The SMILES string of the molecule is C=C/C(=C\C=C/C)N(c1ccccc1)c1ccc2sc3cc(N(c4ccccc4)c4ccc5sc6ccccc6c5c4)cc(-c4ccccc4)c3c2c1. The molecule has 0 amide bonds. The van der Waals surface area contributed by atoms with E-state index < -0.39 is 0 Å². The Morgan fingerprint density at radius 1 is 0.509 bits per heavy atom. The number of nitrogens with zero attached hydrogens (tertiary/aromatic N) is 2. The maximum absolute atomic E-state index is 4.20. The van der Waals surface area contributed by atoms with Gasteiger partial charge in [0.25, 0.3) is 0 Å². The first kappa shape index (κ1) is 32.7. The van der Waals surface area contributed by atoms with E-state index in [4.69, 9.17) is 0 Å². The van der Waals surface area contributed by atoms with Gasteiger partial charge in [-0.25, -0.2) is 0 Å². The highest BCUT2D eigenvalue weighted by molar-refractivity contribution is 7.26. The van der Waals surface area contributed by atoms with Gasteiger partial charge in [-0.1, -0.05) is 104 Å². The number of para-hydroxylation sites is 2. The minimum atomic E-state index is 1.01. The highest BCUT2D eigenvalue weighted by atomic mass is 32.1. The van der Waals surface area contributed by atoms with Crippen LogP contribution in [-0.2, 0) is 0 Å². The maximum atomic E-state index is 4.20. The summed E-state index contributed by atoms with van der Waals surface area (Å²) in [5.41, 5.74) is 8.97. The molecule has 4 heteroatoms. The van der Waals surface area contributed by atoms with Gasteiger partial charge in [0.1, 0.15) is 0 Å². The van der Waals surface area contributed by atoms with Crippen LogP contribution in [0.1, 0.15) is 6.92 Å². The Labute approximate surface area is 318 Å². The fourth-order valence-corrected chi connectivity index (χ4v) is 9.56. The average Bonchev–Trinajstić information content (AvgIpc) is 3.78. The minimum absolute atomic E-state index is 1.01. The van der Waals surface area contributed by atoms with Gasteiger partial charge in [0.15, 0.2) is 0 Å². The zero-order valence-electron chi connectivity index (χ0n) is 29.3. The second-order valence-electron chi connectivity index (χ2n) is 13.0. The lowest BCUT2D eigenvalue weighted by Crippen LogP contribution is -2.14. The van der Waals surface area contributed by atoms with E-state index in [1.54, 1.807) is 0 Å². The molecule has 0 aliphatic carbocycles. The van der Waals surface area contributed by atoms with E-state index in [0.29, 0.717) is 0 Å². The summed E-state index contributed by atoms with van der Waals surface area (Å²) in [6, 6.07) is 59.4. The van der Waals surface area contributed by atoms with Crippen LogP contribution < -0.4 is 9.80 Å². The second kappa shape index (κ2) is 14.1. The fourth-order valence-electron chi connectivity index (χ4n) is 7.32. The van der Waals surface area contributed by atoms with Crippen molar-refractivity contribution >= 4 is 91.5 Å². The molecule has 0 N–H and O–H groups in total. The molecule has 0 atom stereocenters. The van der Waals surface area contributed by atoms with Crippen molar-refractivity contribution in [2.75, 3.05) is 9.80 Å². The van der Waals surface area contributed by atoms with Crippen LogP contribution in [-0.4, -0.2) is 0 Å². The molecule has 254 valence electrons. The van der Waals surface area contributed by atoms with Gasteiger partial charge in [-0.05, 0) is 109 Å². The van der Waals surface area contributed by atoms with E-state index >= 15 is 0 Å². The van der Waals surface area contributed by atoms with Crippen molar-refractivity contribution in [2.45, 2.75) is 6.92 Å². The predicted octanol–water partition coefficient (Wildman–Crippen LogP) is 15.3. The van der Waals surface area contributed by atoms with Crippen molar-refractivity contribution in [3.63, 3.8) is 0 Å². The van der Waals surface area contributed by atoms with Gasteiger partial charge in [0.05, 0.1) is 0 Å². The predicted molar refractivity (Wildman–Crippen MR) is 234 cm³/mol. The first-order valence-electron chi connectivity index (χ1n) is 17.8. The third-order valence-electron chi connectivity index (χ3n) is 9.71. The van der Waals surface area contributed by atoms with Crippen LogP contribution in [0.4, 0.5) is 28.4 Å². The number of benzene rings is 7. The van der Waals surface area contributed by atoms with E-state index in [9.17, 15) is 0 Å². The second-order valence-corrected chi connectivity index (χ2v) is 15.1. The van der Waals surface area contributed by atoms with Crippen LogP contribution in [0.5, 0.6) is 0 Å². The number of hydrogen-bond donors (Lipinski definition) is 0. The summed E-state index contributed by atoms with van der Waals surface area (Å²) in [4.78, 5) is 4.70. The van der Waals surface area contributed by atoms with Gasteiger partial charge in [0, 0.05) is 74.5 Å². The summed E-state index contributed by atoms with van der Waals surface area (Å²) in [5, 5.41) is 5.08. The van der Waals surface area contributed by atoms with Crippen molar-refractivity contribution in [2.24, 2.45) is 0 Å². The summed E-state index contributed by atoms with van der Waals surface area (Å²) in [6.07, 6.45) is 8.16. The third kappa shape index (κ3) is 6.02. The molecule has 0 aliphatic rings. The number of allylic oxidation sites excluding steroid dienone is 4. The normalized spacial score (nSPS) is 12.0. The first-order chi connectivity index (χ1) is 26.2. The molecule has 0 fully saturated rings. The Balaban J connectivity index is 1.29. The molecule has 9 aromatic rings. The van der Waals surface area contributed by atoms with E-state index in [2.05, 4.69) is 192 Å². The quantitative estimate of drug-likeness (QED) is 0.137. The number of rotatable bonds is 9. The number of thiophene rings is 2. The Hall–Kier alpha value is -6.20. The molecule has 2 heterocycles. The first-order valence-corrected chi connectivity index (χ1v) is 19.5. The summed E-state index contributed by atoms with van der Waals surface area (Å²) in [5.74, 6) is 0. The largest absolute Gasteiger partial charge is 0.311 e. The minimum Gasteiger partial charge on any atom is -0.311 e. The zero-order valence-corrected chi connectivity index (χ0v) is 30.9. The topological polar surface area (TPSA) is 6.48 Å². The Morgan fingerprint density at radius 2 is 1.11 bits per heavy atom. The van der Waals surface area contributed by atoms with Crippen molar-refractivity contribution in [3.05, 3.63) is 200 Å². The van der Waals surface area contributed by atoms with Crippen LogP contribution in [0.15, 0.2) is 200 Å². The van der Waals surface area contributed by atoms with Gasteiger partial charge in [-0.3, -0.25) is 0 Å². The van der Waals surface area contributed by atoms with E-state index in [1.165, 1.54) is 51.5 Å². The van der Waals surface area contributed by atoms with E-state index in [1.807, 2.05) is 41.7 Å². The average molecular weight is 717 g/mol. The molecule has 0 aliphatic heterocycles. The van der Waals surface area contributed by atoms with Gasteiger partial charge in [-0.15, -0.1) is 22.7 Å². The summed E-state index contributed by atoms with van der Waals surface area (Å²) < 4.78 is 5.11. The molecule has 0 saturated heterocycles. The van der Waals surface area contributed by atoms with E-state index in [0.717, 1.165) is 34.1 Å². The lowest BCUT2D eigenvalue weighted by Gasteiger charge is -2.27.